The van der Waals surface area contributed by atoms with Crippen LogP contribution in [0.3, 0.4) is 0 Å². The maximum Gasteiger partial charge on any atom is 0.407 e. The number of carbonyl (C=O) groups is 1. The van der Waals surface area contributed by atoms with Gasteiger partial charge in [0.2, 0.25) is 0 Å². The topological polar surface area (TPSA) is 73.3 Å². The van der Waals surface area contributed by atoms with Crippen LogP contribution in [0.15, 0.2) is 12.4 Å². The lowest BCUT2D eigenvalue weighted by Crippen LogP contribution is -2.41. The van der Waals surface area contributed by atoms with Crippen molar-refractivity contribution in [1.82, 2.24) is 15.3 Å². The van der Waals surface area contributed by atoms with Crippen LogP contribution in [0.2, 0.25) is 0 Å². The molecule has 1 fully saturated rings. The van der Waals surface area contributed by atoms with Crippen LogP contribution in [-0.4, -0.2) is 35.8 Å². The Balaban J connectivity index is 1.79. The molecule has 2 heterocycles. The molecule has 16 heavy (non-hydrogen) atoms. The highest BCUT2D eigenvalue weighted by molar-refractivity contribution is 5.67. The predicted octanol–water partition coefficient (Wildman–Crippen LogP) is 0.351. The van der Waals surface area contributed by atoms with Crippen molar-refractivity contribution >= 4 is 6.09 Å². The van der Waals surface area contributed by atoms with Crippen LogP contribution in [0.1, 0.15) is 0 Å². The highest BCUT2D eigenvalue weighted by atomic mass is 19.1. The smallest absolute Gasteiger partial charge is 0.407 e. The molecule has 0 aliphatic carbocycles. The molecular weight excluding hydrogens is 217 g/mol. The molecular formula is C9H10FN3O3. The molecule has 0 spiro atoms. The number of ether oxygens (including phenoxy) is 2. The average molecular weight is 227 g/mol. The molecule has 1 saturated heterocycles. The molecule has 0 bridgehead atoms. The summed E-state index contributed by atoms with van der Waals surface area (Å²) in [7, 11) is 0. The van der Waals surface area contributed by atoms with Crippen LogP contribution in [0.25, 0.3) is 0 Å². The second-order valence-corrected chi connectivity index (χ2v) is 3.34. The third kappa shape index (κ3) is 2.78. The zero-order valence-electron chi connectivity index (χ0n) is 8.35. The van der Waals surface area contributed by atoms with Gasteiger partial charge in [-0.25, -0.2) is 19.2 Å². The minimum atomic E-state index is -0.513. The molecule has 1 aliphatic heterocycles. The van der Waals surface area contributed by atoms with E-state index in [1.54, 1.807) is 0 Å². The standard InChI is InChI=1S/C9H10FN3O3/c10-7-2-11-8(12-3-7)15-4-6-1-13-9(14)16-5-6/h2-3,6H,1,4-5H2,(H,13,14). The molecule has 0 aromatic carbocycles. The Bertz CT molecular complexity index is 361. The summed E-state index contributed by atoms with van der Waals surface area (Å²) in [4.78, 5) is 18.0. The summed E-state index contributed by atoms with van der Waals surface area (Å²) in [5.41, 5.74) is 0. The van der Waals surface area contributed by atoms with Crippen LogP contribution in [0.5, 0.6) is 6.01 Å². The number of halogens is 1. The molecule has 86 valence electrons. The van der Waals surface area contributed by atoms with Gasteiger partial charge in [0, 0.05) is 12.5 Å². The molecule has 1 atom stereocenters. The molecule has 2 rings (SSSR count). The number of alkyl carbamates (subject to hydrolysis) is 1. The van der Waals surface area contributed by atoms with Gasteiger partial charge in [-0.2, -0.15) is 0 Å². The molecule has 0 saturated carbocycles. The van der Waals surface area contributed by atoms with E-state index >= 15 is 0 Å². The van der Waals surface area contributed by atoms with Gasteiger partial charge in [0.1, 0.15) is 6.61 Å². The molecule has 7 heteroatoms. The fraction of sp³-hybridized carbons (Fsp3) is 0.444. The first-order valence-electron chi connectivity index (χ1n) is 4.75. The van der Waals surface area contributed by atoms with Crippen molar-refractivity contribution in [2.45, 2.75) is 0 Å². The van der Waals surface area contributed by atoms with Crippen molar-refractivity contribution < 1.29 is 18.7 Å². The van der Waals surface area contributed by atoms with Crippen molar-refractivity contribution in [3.63, 3.8) is 0 Å². The van der Waals surface area contributed by atoms with Crippen LogP contribution >= 0.6 is 0 Å². The van der Waals surface area contributed by atoms with Gasteiger partial charge in [-0.15, -0.1) is 0 Å². The van der Waals surface area contributed by atoms with Crippen LogP contribution in [-0.2, 0) is 4.74 Å². The van der Waals surface area contributed by atoms with E-state index < -0.39 is 11.9 Å². The predicted molar refractivity (Wildman–Crippen MR) is 50.3 cm³/mol. The minimum Gasteiger partial charge on any atom is -0.463 e. The number of hydrogen-bond donors (Lipinski definition) is 1. The van der Waals surface area contributed by atoms with Gasteiger partial charge in [0.05, 0.1) is 19.0 Å². The quantitative estimate of drug-likeness (QED) is 0.806. The number of rotatable bonds is 3. The minimum absolute atomic E-state index is 0.0475. The van der Waals surface area contributed by atoms with E-state index in [2.05, 4.69) is 15.3 Å². The Morgan fingerprint density at radius 3 is 2.94 bits per heavy atom. The second-order valence-electron chi connectivity index (χ2n) is 3.34. The highest BCUT2D eigenvalue weighted by Crippen LogP contribution is 2.06. The fourth-order valence-corrected chi connectivity index (χ4v) is 1.21. The van der Waals surface area contributed by atoms with E-state index in [0.717, 1.165) is 12.4 Å². The third-order valence-electron chi connectivity index (χ3n) is 2.03. The van der Waals surface area contributed by atoms with Gasteiger partial charge in [-0.3, -0.25) is 0 Å². The van der Waals surface area contributed by atoms with Crippen LogP contribution in [0, 0.1) is 11.7 Å². The van der Waals surface area contributed by atoms with Gasteiger partial charge in [0.25, 0.3) is 0 Å². The molecule has 1 aromatic heterocycles. The van der Waals surface area contributed by atoms with Gasteiger partial charge < -0.3 is 14.8 Å². The Labute approximate surface area is 90.8 Å². The summed E-state index contributed by atoms with van der Waals surface area (Å²) >= 11 is 0. The largest absolute Gasteiger partial charge is 0.463 e. The summed E-state index contributed by atoms with van der Waals surface area (Å²) < 4.78 is 22.5. The summed E-state index contributed by atoms with van der Waals surface area (Å²) in [6, 6.07) is 0.110. The zero-order valence-corrected chi connectivity index (χ0v) is 8.35. The SMILES string of the molecule is O=C1NCC(COc2ncc(F)cn2)CO1. The Morgan fingerprint density at radius 2 is 2.31 bits per heavy atom. The summed E-state index contributed by atoms with van der Waals surface area (Å²) in [5.74, 6) is -0.466. The summed E-state index contributed by atoms with van der Waals surface area (Å²) in [5, 5.41) is 2.54. The monoisotopic (exact) mass is 227 g/mol. The van der Waals surface area contributed by atoms with Crippen molar-refractivity contribution in [2.75, 3.05) is 19.8 Å². The zero-order chi connectivity index (χ0) is 11.4. The van der Waals surface area contributed by atoms with E-state index in [9.17, 15) is 9.18 Å². The van der Waals surface area contributed by atoms with Crippen molar-refractivity contribution in [1.29, 1.82) is 0 Å². The number of cyclic esters (lactones) is 1. The molecule has 1 aromatic rings. The maximum absolute atomic E-state index is 12.5. The van der Waals surface area contributed by atoms with Gasteiger partial charge in [-0.05, 0) is 0 Å². The molecule has 0 radical (unpaired) electrons. The first-order chi connectivity index (χ1) is 7.74. The fourth-order valence-electron chi connectivity index (χ4n) is 1.21. The molecule has 1 aliphatic rings. The molecule has 6 nitrogen and oxygen atoms in total. The summed E-state index contributed by atoms with van der Waals surface area (Å²) in [6.07, 6.45) is 1.64. The second kappa shape index (κ2) is 4.73. The lowest BCUT2D eigenvalue weighted by atomic mass is 10.1. The Hall–Kier alpha value is -1.92. The summed E-state index contributed by atoms with van der Waals surface area (Å²) in [6.45, 7) is 1.10. The number of hydrogen-bond acceptors (Lipinski definition) is 5. The number of nitrogens with zero attached hydrogens (tertiary/aromatic N) is 2. The van der Waals surface area contributed by atoms with Crippen molar-refractivity contribution in [3.8, 4) is 6.01 Å². The van der Waals surface area contributed by atoms with E-state index in [0.29, 0.717) is 19.8 Å². The average Bonchev–Trinajstić information content (AvgIpc) is 2.30. The van der Waals surface area contributed by atoms with Crippen molar-refractivity contribution in [2.24, 2.45) is 5.92 Å². The third-order valence-corrected chi connectivity index (χ3v) is 2.03. The molecule has 1 N–H and O–H groups in total. The van der Waals surface area contributed by atoms with Crippen LogP contribution < -0.4 is 10.1 Å². The highest BCUT2D eigenvalue weighted by Gasteiger charge is 2.19. The van der Waals surface area contributed by atoms with E-state index in [-0.39, 0.29) is 11.9 Å². The Kier molecular flexibility index (Phi) is 3.13. The van der Waals surface area contributed by atoms with Gasteiger partial charge >= 0.3 is 12.1 Å². The number of amides is 1. The van der Waals surface area contributed by atoms with Crippen LogP contribution in [0.4, 0.5) is 9.18 Å². The normalized spacial score (nSPS) is 19.8. The Morgan fingerprint density at radius 1 is 1.56 bits per heavy atom. The van der Waals surface area contributed by atoms with E-state index in [4.69, 9.17) is 9.47 Å². The number of aromatic nitrogens is 2. The lowest BCUT2D eigenvalue weighted by Gasteiger charge is -2.22. The number of carbonyl (C=O) groups excluding carboxylic acids is 1. The maximum atomic E-state index is 12.5. The van der Waals surface area contributed by atoms with Gasteiger partial charge in [-0.1, -0.05) is 0 Å². The van der Waals surface area contributed by atoms with E-state index in [1.807, 2.05) is 0 Å². The molecule has 1 amide bonds. The molecule has 1 unspecified atom stereocenters. The number of nitrogens with one attached hydrogen (secondary N) is 1. The first-order valence-corrected chi connectivity index (χ1v) is 4.75. The first kappa shape index (κ1) is 10.6. The lowest BCUT2D eigenvalue weighted by molar-refractivity contribution is 0.0816. The van der Waals surface area contributed by atoms with E-state index in [1.165, 1.54) is 0 Å². The van der Waals surface area contributed by atoms with Crippen molar-refractivity contribution in [3.05, 3.63) is 18.2 Å². The van der Waals surface area contributed by atoms with Gasteiger partial charge in [0.15, 0.2) is 5.82 Å².